The second-order valence-electron chi connectivity index (χ2n) is 5.05. The Hall–Kier alpha value is -0.0800. The molecule has 1 aliphatic heterocycles. The molecule has 1 saturated heterocycles. The zero-order chi connectivity index (χ0) is 9.97. The van der Waals surface area contributed by atoms with Crippen molar-refractivity contribution in [3.8, 4) is 0 Å². The van der Waals surface area contributed by atoms with Crippen molar-refractivity contribution in [3.63, 3.8) is 0 Å². The van der Waals surface area contributed by atoms with Gasteiger partial charge in [-0.1, -0.05) is 19.8 Å². The molecule has 0 radical (unpaired) electrons. The van der Waals surface area contributed by atoms with Crippen molar-refractivity contribution in [1.29, 1.82) is 0 Å². The van der Waals surface area contributed by atoms with Gasteiger partial charge in [0.05, 0.1) is 6.61 Å². The molecule has 0 aromatic rings. The van der Waals surface area contributed by atoms with Crippen molar-refractivity contribution in [1.82, 2.24) is 0 Å². The Bertz CT molecular complexity index is 177. The minimum Gasteiger partial charge on any atom is -0.381 e. The van der Waals surface area contributed by atoms with E-state index in [1.807, 2.05) is 0 Å². The van der Waals surface area contributed by atoms with Gasteiger partial charge in [0.25, 0.3) is 0 Å². The topological polar surface area (TPSA) is 35.2 Å². The third-order valence-electron chi connectivity index (χ3n) is 4.21. The predicted octanol–water partition coefficient (Wildman–Crippen LogP) is 2.18. The van der Waals surface area contributed by atoms with E-state index in [1.165, 1.54) is 32.1 Å². The Kier molecular flexibility index (Phi) is 3.45. The monoisotopic (exact) mass is 197 g/mol. The maximum atomic E-state index is 6.32. The largest absolute Gasteiger partial charge is 0.381 e. The van der Waals surface area contributed by atoms with Gasteiger partial charge < -0.3 is 10.5 Å². The molecule has 2 aliphatic rings. The van der Waals surface area contributed by atoms with E-state index in [0.29, 0.717) is 12.0 Å². The SMILES string of the molecule is CCC1CCC(C(N)C2CCOC2)C1. The van der Waals surface area contributed by atoms with Crippen LogP contribution < -0.4 is 5.73 Å². The number of hydrogen-bond acceptors (Lipinski definition) is 2. The average molecular weight is 197 g/mol. The fraction of sp³-hybridized carbons (Fsp3) is 1.00. The van der Waals surface area contributed by atoms with Crippen molar-refractivity contribution >= 4 is 0 Å². The molecule has 14 heavy (non-hydrogen) atoms. The van der Waals surface area contributed by atoms with Crippen LogP contribution in [0.4, 0.5) is 0 Å². The van der Waals surface area contributed by atoms with Crippen LogP contribution in [0.15, 0.2) is 0 Å². The van der Waals surface area contributed by atoms with Crippen molar-refractivity contribution in [2.24, 2.45) is 23.5 Å². The maximum absolute atomic E-state index is 6.32. The zero-order valence-electron chi connectivity index (χ0n) is 9.24. The molecule has 2 heteroatoms. The van der Waals surface area contributed by atoms with Crippen LogP contribution in [-0.4, -0.2) is 19.3 Å². The number of nitrogens with two attached hydrogens (primary N) is 1. The number of rotatable bonds is 3. The lowest BCUT2D eigenvalue weighted by Crippen LogP contribution is -2.36. The van der Waals surface area contributed by atoms with Crippen LogP contribution in [-0.2, 0) is 4.74 Å². The first-order valence-electron chi connectivity index (χ1n) is 6.14. The third kappa shape index (κ3) is 2.12. The van der Waals surface area contributed by atoms with Gasteiger partial charge in [0.15, 0.2) is 0 Å². The first-order chi connectivity index (χ1) is 6.81. The lowest BCUT2D eigenvalue weighted by molar-refractivity contribution is 0.173. The van der Waals surface area contributed by atoms with Gasteiger partial charge in [-0.05, 0) is 37.0 Å². The van der Waals surface area contributed by atoms with Crippen LogP contribution in [0.2, 0.25) is 0 Å². The van der Waals surface area contributed by atoms with Crippen LogP contribution in [0, 0.1) is 17.8 Å². The number of hydrogen-bond donors (Lipinski definition) is 1. The number of ether oxygens (including phenoxy) is 1. The summed E-state index contributed by atoms with van der Waals surface area (Å²) in [6, 6.07) is 0.411. The molecule has 0 aromatic heterocycles. The molecule has 0 bridgehead atoms. The van der Waals surface area contributed by atoms with Gasteiger partial charge >= 0.3 is 0 Å². The third-order valence-corrected chi connectivity index (χ3v) is 4.21. The standard InChI is InChI=1S/C12H23NO/c1-2-9-3-4-10(7-9)12(13)11-5-6-14-8-11/h9-12H,2-8,13H2,1H3. The van der Waals surface area contributed by atoms with E-state index >= 15 is 0 Å². The van der Waals surface area contributed by atoms with E-state index < -0.39 is 0 Å². The quantitative estimate of drug-likeness (QED) is 0.752. The Morgan fingerprint density at radius 3 is 2.71 bits per heavy atom. The highest BCUT2D eigenvalue weighted by Crippen LogP contribution is 2.37. The second-order valence-corrected chi connectivity index (χ2v) is 5.05. The van der Waals surface area contributed by atoms with Crippen LogP contribution in [0.5, 0.6) is 0 Å². The van der Waals surface area contributed by atoms with Crippen LogP contribution in [0.3, 0.4) is 0 Å². The van der Waals surface area contributed by atoms with Gasteiger partial charge in [-0.25, -0.2) is 0 Å². The summed E-state index contributed by atoms with van der Waals surface area (Å²) in [5.74, 6) is 2.38. The fourth-order valence-electron chi connectivity index (χ4n) is 3.08. The highest BCUT2D eigenvalue weighted by atomic mass is 16.5. The summed E-state index contributed by atoms with van der Waals surface area (Å²) in [6.07, 6.45) is 6.66. The van der Waals surface area contributed by atoms with E-state index in [2.05, 4.69) is 6.92 Å². The van der Waals surface area contributed by atoms with Gasteiger partial charge in [-0.2, -0.15) is 0 Å². The van der Waals surface area contributed by atoms with Gasteiger partial charge in [0, 0.05) is 12.6 Å². The highest BCUT2D eigenvalue weighted by molar-refractivity contribution is 4.87. The molecule has 0 spiro atoms. The van der Waals surface area contributed by atoms with Crippen molar-refractivity contribution in [2.45, 2.75) is 45.1 Å². The molecule has 2 N–H and O–H groups in total. The van der Waals surface area contributed by atoms with Crippen LogP contribution in [0.25, 0.3) is 0 Å². The van der Waals surface area contributed by atoms with Gasteiger partial charge in [-0.15, -0.1) is 0 Å². The van der Waals surface area contributed by atoms with Crippen LogP contribution >= 0.6 is 0 Å². The Morgan fingerprint density at radius 1 is 1.29 bits per heavy atom. The maximum Gasteiger partial charge on any atom is 0.0510 e. The molecule has 2 fully saturated rings. The first-order valence-corrected chi connectivity index (χ1v) is 6.14. The average Bonchev–Trinajstić information content (AvgIpc) is 2.88. The normalized spacial score (nSPS) is 40.3. The molecule has 1 heterocycles. The summed E-state index contributed by atoms with van der Waals surface area (Å²) < 4.78 is 5.41. The van der Waals surface area contributed by atoms with Crippen molar-refractivity contribution in [3.05, 3.63) is 0 Å². The van der Waals surface area contributed by atoms with E-state index in [4.69, 9.17) is 10.5 Å². The molecule has 4 unspecified atom stereocenters. The molecule has 4 atom stereocenters. The molecule has 0 aromatic carbocycles. The predicted molar refractivity (Wildman–Crippen MR) is 58.0 cm³/mol. The molecular formula is C12H23NO. The van der Waals surface area contributed by atoms with Crippen molar-refractivity contribution < 1.29 is 4.74 Å². The lowest BCUT2D eigenvalue weighted by Gasteiger charge is -2.24. The summed E-state index contributed by atoms with van der Waals surface area (Å²) in [4.78, 5) is 0. The molecule has 1 aliphatic carbocycles. The molecule has 2 nitrogen and oxygen atoms in total. The summed E-state index contributed by atoms with van der Waals surface area (Å²) in [7, 11) is 0. The highest BCUT2D eigenvalue weighted by Gasteiger charge is 2.33. The Labute approximate surface area is 87.2 Å². The minimum atomic E-state index is 0.411. The molecule has 2 rings (SSSR count). The fourth-order valence-corrected chi connectivity index (χ4v) is 3.08. The van der Waals surface area contributed by atoms with Gasteiger partial charge in [0.2, 0.25) is 0 Å². The van der Waals surface area contributed by atoms with Crippen molar-refractivity contribution in [2.75, 3.05) is 13.2 Å². The van der Waals surface area contributed by atoms with E-state index in [0.717, 1.165) is 25.0 Å². The summed E-state index contributed by atoms with van der Waals surface area (Å²) in [5.41, 5.74) is 6.32. The lowest BCUT2D eigenvalue weighted by atomic mass is 9.86. The van der Waals surface area contributed by atoms with Crippen LogP contribution in [0.1, 0.15) is 39.0 Å². The summed E-state index contributed by atoms with van der Waals surface area (Å²) >= 11 is 0. The zero-order valence-corrected chi connectivity index (χ0v) is 9.24. The molecule has 1 saturated carbocycles. The minimum absolute atomic E-state index is 0.411. The smallest absolute Gasteiger partial charge is 0.0510 e. The van der Waals surface area contributed by atoms with E-state index in [-0.39, 0.29) is 0 Å². The molecule has 0 amide bonds. The van der Waals surface area contributed by atoms with Gasteiger partial charge in [0.1, 0.15) is 0 Å². The van der Waals surface area contributed by atoms with E-state index in [9.17, 15) is 0 Å². The Balaban J connectivity index is 1.83. The molecular weight excluding hydrogens is 174 g/mol. The van der Waals surface area contributed by atoms with E-state index in [1.54, 1.807) is 0 Å². The second kappa shape index (κ2) is 4.63. The summed E-state index contributed by atoms with van der Waals surface area (Å²) in [5, 5.41) is 0. The first kappa shape index (κ1) is 10.4. The van der Waals surface area contributed by atoms with Gasteiger partial charge in [-0.3, -0.25) is 0 Å². The molecule has 82 valence electrons. The summed E-state index contributed by atoms with van der Waals surface area (Å²) in [6.45, 7) is 4.15. The Morgan fingerprint density at radius 2 is 2.14 bits per heavy atom.